The molecule has 0 unspecified atom stereocenters. The fourth-order valence-corrected chi connectivity index (χ4v) is 1.37. The summed E-state index contributed by atoms with van der Waals surface area (Å²) in [5.74, 6) is -1.09. The number of aromatic carboxylic acids is 1. The van der Waals surface area contributed by atoms with Crippen molar-refractivity contribution in [2.24, 2.45) is 0 Å². The molecule has 100 valence electrons. The summed E-state index contributed by atoms with van der Waals surface area (Å²) in [6.07, 6.45) is 0. The number of aliphatic hydroxyl groups is 2. The number of carboxylic acids is 1. The molecule has 1 heterocycles. The average molecular weight is 255 g/mol. The van der Waals surface area contributed by atoms with Crippen LogP contribution < -0.4 is 5.32 Å². The predicted octanol–water partition coefficient (Wildman–Crippen LogP) is -0.0532. The minimum Gasteiger partial charge on any atom is -0.478 e. The first-order valence-electron chi connectivity index (χ1n) is 5.41. The molecule has 0 spiro atoms. The number of nitrogens with zero attached hydrogens (tertiary/aromatic N) is 2. The van der Waals surface area contributed by atoms with Crippen LogP contribution >= 0.6 is 0 Å². The molecule has 0 amide bonds. The molecule has 1 aromatic heterocycles. The Balaban J connectivity index is 3.25. The fourth-order valence-electron chi connectivity index (χ4n) is 1.37. The Bertz CT molecular complexity index is 458. The van der Waals surface area contributed by atoms with Crippen molar-refractivity contribution in [2.45, 2.75) is 26.3 Å². The number of hydrogen-bond donors (Lipinski definition) is 4. The number of hydrogen-bond acceptors (Lipinski definition) is 6. The molecule has 1 aromatic rings. The third-order valence-corrected chi connectivity index (χ3v) is 2.79. The van der Waals surface area contributed by atoms with Crippen LogP contribution in [0.25, 0.3) is 0 Å². The second-order valence-electron chi connectivity index (χ2n) is 4.44. The van der Waals surface area contributed by atoms with Crippen molar-refractivity contribution >= 4 is 11.8 Å². The molecule has 0 aliphatic heterocycles. The lowest BCUT2D eigenvalue weighted by Crippen LogP contribution is -2.43. The molecule has 0 radical (unpaired) electrons. The number of rotatable bonds is 5. The lowest BCUT2D eigenvalue weighted by molar-refractivity contribution is 0.0695. The number of anilines is 1. The molecule has 0 saturated heterocycles. The number of carboxylic acid groups (broad SMARTS) is 1. The highest BCUT2D eigenvalue weighted by molar-refractivity contribution is 5.95. The fraction of sp³-hybridized carbons (Fsp3) is 0.545. The summed E-state index contributed by atoms with van der Waals surface area (Å²) in [5, 5.41) is 37.9. The number of aliphatic hydroxyl groups excluding tert-OH is 2. The van der Waals surface area contributed by atoms with Gasteiger partial charge >= 0.3 is 5.97 Å². The van der Waals surface area contributed by atoms with Crippen molar-refractivity contribution in [3.8, 4) is 0 Å². The van der Waals surface area contributed by atoms with Crippen LogP contribution in [0.4, 0.5) is 5.82 Å². The molecular weight excluding hydrogens is 238 g/mol. The molecule has 1 rings (SSSR count). The van der Waals surface area contributed by atoms with Crippen LogP contribution in [0.2, 0.25) is 0 Å². The van der Waals surface area contributed by atoms with Gasteiger partial charge in [0.15, 0.2) is 5.82 Å². The maximum atomic E-state index is 11.2. The van der Waals surface area contributed by atoms with Gasteiger partial charge in [-0.3, -0.25) is 0 Å². The van der Waals surface area contributed by atoms with Gasteiger partial charge in [-0.2, -0.15) is 5.10 Å². The Kier molecular flexibility index (Phi) is 4.20. The van der Waals surface area contributed by atoms with Crippen LogP contribution in [-0.4, -0.2) is 50.2 Å². The zero-order valence-electron chi connectivity index (χ0n) is 10.6. The summed E-state index contributed by atoms with van der Waals surface area (Å²) < 4.78 is 0. The van der Waals surface area contributed by atoms with Crippen molar-refractivity contribution in [3.05, 3.63) is 16.8 Å². The largest absolute Gasteiger partial charge is 0.478 e. The van der Waals surface area contributed by atoms with E-state index in [1.54, 1.807) is 20.8 Å². The Morgan fingerprint density at radius 2 is 1.83 bits per heavy atom. The summed E-state index contributed by atoms with van der Waals surface area (Å²) in [5.41, 5.74) is -0.0397. The van der Waals surface area contributed by atoms with Gasteiger partial charge in [-0.1, -0.05) is 0 Å². The maximum absolute atomic E-state index is 11.2. The van der Waals surface area contributed by atoms with Crippen molar-refractivity contribution in [3.63, 3.8) is 0 Å². The lowest BCUT2D eigenvalue weighted by Gasteiger charge is -2.27. The first kappa shape index (κ1) is 14.3. The predicted molar refractivity (Wildman–Crippen MR) is 64.7 cm³/mol. The smallest absolute Gasteiger partial charge is 0.339 e. The summed E-state index contributed by atoms with van der Waals surface area (Å²) >= 11 is 0. The highest BCUT2D eigenvalue weighted by Gasteiger charge is 2.26. The molecule has 0 atom stereocenters. The summed E-state index contributed by atoms with van der Waals surface area (Å²) in [6, 6.07) is 0. The van der Waals surface area contributed by atoms with E-state index in [4.69, 9.17) is 0 Å². The van der Waals surface area contributed by atoms with Gasteiger partial charge in [-0.25, -0.2) is 4.79 Å². The van der Waals surface area contributed by atoms with E-state index in [9.17, 15) is 20.1 Å². The zero-order chi connectivity index (χ0) is 13.9. The molecule has 0 bridgehead atoms. The first-order valence-corrected chi connectivity index (χ1v) is 5.41. The lowest BCUT2D eigenvalue weighted by atomic mass is 10.0. The minimum absolute atomic E-state index is 0.00405. The van der Waals surface area contributed by atoms with Crippen molar-refractivity contribution in [2.75, 3.05) is 18.5 Å². The second-order valence-corrected chi connectivity index (χ2v) is 4.44. The van der Waals surface area contributed by atoms with Gasteiger partial charge in [0.05, 0.1) is 24.4 Å². The molecule has 4 N–H and O–H groups in total. The summed E-state index contributed by atoms with van der Waals surface area (Å²) in [7, 11) is 0. The molecule has 0 fully saturated rings. The Labute approximate surface area is 104 Å². The number of nitrogens with one attached hydrogen (secondary N) is 1. The molecular formula is C11H17N3O4. The third-order valence-electron chi connectivity index (χ3n) is 2.79. The van der Waals surface area contributed by atoms with E-state index in [2.05, 4.69) is 15.5 Å². The van der Waals surface area contributed by atoms with Gasteiger partial charge in [-0.15, -0.1) is 5.10 Å². The average Bonchev–Trinajstić information content (AvgIpc) is 2.33. The van der Waals surface area contributed by atoms with E-state index in [0.717, 1.165) is 0 Å². The summed E-state index contributed by atoms with van der Waals surface area (Å²) in [6.45, 7) is 4.12. The molecule has 7 nitrogen and oxygen atoms in total. The molecule has 0 aliphatic rings. The van der Waals surface area contributed by atoms with Gasteiger partial charge in [0, 0.05) is 0 Å². The van der Waals surface area contributed by atoms with Crippen molar-refractivity contribution in [1.29, 1.82) is 0 Å². The van der Waals surface area contributed by atoms with Gasteiger partial charge in [0.2, 0.25) is 0 Å². The van der Waals surface area contributed by atoms with Gasteiger partial charge in [0.25, 0.3) is 0 Å². The maximum Gasteiger partial charge on any atom is 0.339 e. The van der Waals surface area contributed by atoms with E-state index in [-0.39, 0.29) is 24.6 Å². The normalized spacial score (nSPS) is 11.4. The van der Waals surface area contributed by atoms with Crippen LogP contribution in [0, 0.1) is 13.8 Å². The van der Waals surface area contributed by atoms with E-state index < -0.39 is 11.5 Å². The van der Waals surface area contributed by atoms with Crippen LogP contribution in [-0.2, 0) is 0 Å². The van der Waals surface area contributed by atoms with Gasteiger partial charge < -0.3 is 20.6 Å². The molecule has 18 heavy (non-hydrogen) atoms. The van der Waals surface area contributed by atoms with E-state index in [1.807, 2.05) is 0 Å². The Morgan fingerprint density at radius 1 is 1.28 bits per heavy atom. The Morgan fingerprint density at radius 3 is 2.28 bits per heavy atom. The standard InChI is InChI=1S/C11H17N3O4/c1-6-7(2)13-14-9(8(6)10(17)18)12-11(3,4-15)5-16/h15-16H,4-5H2,1-3H3,(H,12,14)(H,17,18). The highest BCUT2D eigenvalue weighted by Crippen LogP contribution is 2.21. The Hall–Kier alpha value is -1.73. The minimum atomic E-state index is -1.13. The highest BCUT2D eigenvalue weighted by atomic mass is 16.4. The summed E-state index contributed by atoms with van der Waals surface area (Å²) in [4.78, 5) is 11.2. The topological polar surface area (TPSA) is 116 Å². The van der Waals surface area contributed by atoms with E-state index >= 15 is 0 Å². The van der Waals surface area contributed by atoms with Crippen LogP contribution in [0.3, 0.4) is 0 Å². The molecule has 0 aliphatic carbocycles. The van der Waals surface area contributed by atoms with Crippen LogP contribution in [0.15, 0.2) is 0 Å². The van der Waals surface area contributed by atoms with Crippen molar-refractivity contribution in [1.82, 2.24) is 10.2 Å². The number of aryl methyl sites for hydroxylation is 1. The second kappa shape index (κ2) is 5.28. The third kappa shape index (κ3) is 2.74. The molecule has 0 aromatic carbocycles. The monoisotopic (exact) mass is 255 g/mol. The van der Waals surface area contributed by atoms with Crippen LogP contribution in [0.5, 0.6) is 0 Å². The first-order chi connectivity index (χ1) is 8.34. The van der Waals surface area contributed by atoms with E-state index in [0.29, 0.717) is 11.3 Å². The molecule has 0 saturated carbocycles. The van der Waals surface area contributed by atoms with E-state index in [1.165, 1.54) is 0 Å². The zero-order valence-corrected chi connectivity index (χ0v) is 10.6. The quantitative estimate of drug-likeness (QED) is 0.582. The molecule has 7 heteroatoms. The SMILES string of the molecule is Cc1nnc(NC(C)(CO)CO)c(C(=O)O)c1C. The number of carbonyl (C=O) groups is 1. The van der Waals surface area contributed by atoms with Crippen LogP contribution in [0.1, 0.15) is 28.5 Å². The van der Waals surface area contributed by atoms with Crippen molar-refractivity contribution < 1.29 is 20.1 Å². The van der Waals surface area contributed by atoms with Gasteiger partial charge in [-0.05, 0) is 26.3 Å². The number of aromatic nitrogens is 2. The van der Waals surface area contributed by atoms with Gasteiger partial charge in [0.1, 0.15) is 5.56 Å².